The second-order valence-corrected chi connectivity index (χ2v) is 5.39. The van der Waals surface area contributed by atoms with E-state index in [-0.39, 0.29) is 5.91 Å². The van der Waals surface area contributed by atoms with Gasteiger partial charge in [0.15, 0.2) is 11.5 Å². The highest BCUT2D eigenvalue weighted by Gasteiger charge is 2.12. The van der Waals surface area contributed by atoms with E-state index >= 15 is 0 Å². The molecular formula is C18H21NO3. The molecule has 0 saturated heterocycles. The van der Waals surface area contributed by atoms with Crippen LogP contribution in [0.15, 0.2) is 48.5 Å². The number of carbonyl (C=O) groups is 1. The van der Waals surface area contributed by atoms with E-state index in [9.17, 15) is 4.79 Å². The SMILES string of the molecule is COc1cc(C(=O)Nc2ccccc2)ccc1OCC(C)C. The van der Waals surface area contributed by atoms with Crippen LogP contribution < -0.4 is 14.8 Å². The molecule has 0 bridgehead atoms. The van der Waals surface area contributed by atoms with E-state index in [1.807, 2.05) is 30.3 Å². The second kappa shape index (κ2) is 7.50. The van der Waals surface area contributed by atoms with Gasteiger partial charge in [0.1, 0.15) is 0 Å². The molecule has 0 spiro atoms. The van der Waals surface area contributed by atoms with Gasteiger partial charge in [-0.3, -0.25) is 4.79 Å². The average molecular weight is 299 g/mol. The fourth-order valence-electron chi connectivity index (χ4n) is 1.91. The monoisotopic (exact) mass is 299 g/mol. The maximum atomic E-state index is 12.3. The van der Waals surface area contributed by atoms with Crippen molar-refractivity contribution in [2.45, 2.75) is 13.8 Å². The van der Waals surface area contributed by atoms with Crippen LogP contribution in [-0.4, -0.2) is 19.6 Å². The predicted octanol–water partition coefficient (Wildman–Crippen LogP) is 3.98. The molecule has 22 heavy (non-hydrogen) atoms. The third kappa shape index (κ3) is 4.25. The molecule has 0 aliphatic rings. The fraction of sp³-hybridized carbons (Fsp3) is 0.278. The Morgan fingerprint density at radius 3 is 2.45 bits per heavy atom. The summed E-state index contributed by atoms with van der Waals surface area (Å²) < 4.78 is 11.0. The molecule has 2 aromatic carbocycles. The Kier molecular flexibility index (Phi) is 5.42. The molecule has 1 amide bonds. The van der Waals surface area contributed by atoms with Crippen molar-refractivity contribution in [2.24, 2.45) is 5.92 Å². The summed E-state index contributed by atoms with van der Waals surface area (Å²) in [4.78, 5) is 12.3. The number of hydrogen-bond acceptors (Lipinski definition) is 3. The van der Waals surface area contributed by atoms with Gasteiger partial charge in [-0.1, -0.05) is 32.0 Å². The van der Waals surface area contributed by atoms with Crippen LogP contribution >= 0.6 is 0 Å². The molecule has 2 rings (SSSR count). The summed E-state index contributed by atoms with van der Waals surface area (Å²) in [6.07, 6.45) is 0. The molecule has 0 aromatic heterocycles. The van der Waals surface area contributed by atoms with Gasteiger partial charge in [0.25, 0.3) is 5.91 Å². The van der Waals surface area contributed by atoms with E-state index in [0.717, 1.165) is 5.69 Å². The number of methoxy groups -OCH3 is 1. The standard InChI is InChI=1S/C18H21NO3/c1-13(2)12-22-16-10-9-14(11-17(16)21-3)18(20)19-15-7-5-4-6-8-15/h4-11,13H,12H2,1-3H3,(H,19,20). The van der Waals surface area contributed by atoms with E-state index in [2.05, 4.69) is 19.2 Å². The molecular weight excluding hydrogens is 278 g/mol. The lowest BCUT2D eigenvalue weighted by Gasteiger charge is -2.13. The number of hydrogen-bond donors (Lipinski definition) is 1. The van der Waals surface area contributed by atoms with Crippen LogP contribution in [-0.2, 0) is 0 Å². The van der Waals surface area contributed by atoms with Crippen molar-refractivity contribution in [2.75, 3.05) is 19.0 Å². The zero-order valence-corrected chi connectivity index (χ0v) is 13.1. The maximum absolute atomic E-state index is 12.3. The van der Waals surface area contributed by atoms with Gasteiger partial charge in [0, 0.05) is 11.3 Å². The normalized spacial score (nSPS) is 10.4. The van der Waals surface area contributed by atoms with Gasteiger partial charge < -0.3 is 14.8 Å². The number of anilines is 1. The Morgan fingerprint density at radius 1 is 1.09 bits per heavy atom. The van der Waals surface area contributed by atoms with Crippen molar-refractivity contribution in [3.63, 3.8) is 0 Å². The van der Waals surface area contributed by atoms with Crippen LogP contribution in [0.4, 0.5) is 5.69 Å². The predicted molar refractivity (Wildman–Crippen MR) is 87.7 cm³/mol. The average Bonchev–Trinajstić information content (AvgIpc) is 2.53. The number of nitrogens with one attached hydrogen (secondary N) is 1. The van der Waals surface area contributed by atoms with Crippen LogP contribution in [0.3, 0.4) is 0 Å². The molecule has 1 N–H and O–H groups in total. The van der Waals surface area contributed by atoms with E-state index in [1.165, 1.54) is 0 Å². The van der Waals surface area contributed by atoms with Crippen LogP contribution in [0.5, 0.6) is 11.5 Å². The highest BCUT2D eigenvalue weighted by atomic mass is 16.5. The van der Waals surface area contributed by atoms with E-state index in [4.69, 9.17) is 9.47 Å². The van der Waals surface area contributed by atoms with Crippen LogP contribution in [0.1, 0.15) is 24.2 Å². The minimum absolute atomic E-state index is 0.181. The summed E-state index contributed by atoms with van der Waals surface area (Å²) in [5.74, 6) is 1.44. The number of amides is 1. The molecule has 4 heteroatoms. The van der Waals surface area contributed by atoms with Crippen molar-refractivity contribution in [3.8, 4) is 11.5 Å². The van der Waals surface area contributed by atoms with E-state index < -0.39 is 0 Å². The molecule has 2 aromatic rings. The van der Waals surface area contributed by atoms with E-state index in [1.54, 1.807) is 25.3 Å². The smallest absolute Gasteiger partial charge is 0.255 e. The molecule has 0 fully saturated rings. The summed E-state index contributed by atoms with van der Waals surface area (Å²) in [6.45, 7) is 4.76. The Hall–Kier alpha value is -2.49. The molecule has 0 radical (unpaired) electrons. The number of rotatable bonds is 6. The van der Waals surface area contributed by atoms with Gasteiger partial charge >= 0.3 is 0 Å². The topological polar surface area (TPSA) is 47.6 Å². The number of ether oxygens (including phenoxy) is 2. The Morgan fingerprint density at radius 2 is 1.82 bits per heavy atom. The summed E-state index contributed by atoms with van der Waals surface area (Å²) in [6, 6.07) is 14.5. The zero-order valence-electron chi connectivity index (χ0n) is 13.1. The molecule has 0 unspecified atom stereocenters. The maximum Gasteiger partial charge on any atom is 0.255 e. The Labute approximate surface area is 131 Å². The Balaban J connectivity index is 2.13. The first kappa shape index (κ1) is 15.9. The highest BCUT2D eigenvalue weighted by Crippen LogP contribution is 2.28. The minimum atomic E-state index is -0.181. The Bertz CT molecular complexity index is 623. The van der Waals surface area contributed by atoms with Crippen molar-refractivity contribution < 1.29 is 14.3 Å². The van der Waals surface area contributed by atoms with Crippen LogP contribution in [0.25, 0.3) is 0 Å². The van der Waals surface area contributed by atoms with Crippen molar-refractivity contribution in [1.82, 2.24) is 0 Å². The van der Waals surface area contributed by atoms with Crippen molar-refractivity contribution >= 4 is 11.6 Å². The van der Waals surface area contributed by atoms with Gasteiger partial charge in [-0.05, 0) is 36.2 Å². The third-order valence-electron chi connectivity index (χ3n) is 3.03. The number of para-hydroxylation sites is 1. The minimum Gasteiger partial charge on any atom is -0.493 e. The quantitative estimate of drug-likeness (QED) is 0.877. The molecule has 0 heterocycles. The van der Waals surface area contributed by atoms with E-state index in [0.29, 0.717) is 29.6 Å². The molecule has 0 aliphatic carbocycles. The summed E-state index contributed by atoms with van der Waals surface area (Å²) >= 11 is 0. The summed E-state index contributed by atoms with van der Waals surface area (Å²) in [5, 5.41) is 2.84. The molecule has 4 nitrogen and oxygen atoms in total. The lowest BCUT2D eigenvalue weighted by molar-refractivity contribution is 0.102. The van der Waals surface area contributed by atoms with Gasteiger partial charge in [-0.15, -0.1) is 0 Å². The van der Waals surface area contributed by atoms with Gasteiger partial charge in [-0.2, -0.15) is 0 Å². The lowest BCUT2D eigenvalue weighted by atomic mass is 10.1. The van der Waals surface area contributed by atoms with Crippen molar-refractivity contribution in [1.29, 1.82) is 0 Å². The summed E-state index contributed by atoms with van der Waals surface area (Å²) in [5.41, 5.74) is 1.28. The van der Waals surface area contributed by atoms with Gasteiger partial charge in [-0.25, -0.2) is 0 Å². The van der Waals surface area contributed by atoms with Gasteiger partial charge in [0.2, 0.25) is 0 Å². The first-order chi connectivity index (χ1) is 10.6. The van der Waals surface area contributed by atoms with Crippen LogP contribution in [0, 0.1) is 5.92 Å². The van der Waals surface area contributed by atoms with Crippen molar-refractivity contribution in [3.05, 3.63) is 54.1 Å². The zero-order chi connectivity index (χ0) is 15.9. The first-order valence-corrected chi connectivity index (χ1v) is 7.27. The fourth-order valence-corrected chi connectivity index (χ4v) is 1.91. The molecule has 0 aliphatic heterocycles. The molecule has 0 atom stereocenters. The summed E-state index contributed by atoms with van der Waals surface area (Å²) in [7, 11) is 1.57. The molecule has 116 valence electrons. The lowest BCUT2D eigenvalue weighted by Crippen LogP contribution is -2.12. The van der Waals surface area contributed by atoms with Gasteiger partial charge in [0.05, 0.1) is 13.7 Å². The molecule has 0 saturated carbocycles. The number of carbonyl (C=O) groups excluding carboxylic acids is 1. The second-order valence-electron chi connectivity index (χ2n) is 5.39. The highest BCUT2D eigenvalue weighted by molar-refractivity contribution is 6.04. The largest absolute Gasteiger partial charge is 0.493 e. The number of benzene rings is 2. The first-order valence-electron chi connectivity index (χ1n) is 7.27. The third-order valence-corrected chi connectivity index (χ3v) is 3.03. The van der Waals surface area contributed by atoms with Crippen LogP contribution in [0.2, 0.25) is 0 Å².